The molecule has 1 amide bonds. The Kier molecular flexibility index (Phi) is 2.76. The van der Waals surface area contributed by atoms with Crippen LogP contribution in [-0.2, 0) is 0 Å². The summed E-state index contributed by atoms with van der Waals surface area (Å²) < 4.78 is 4.88. The van der Waals surface area contributed by atoms with Crippen molar-refractivity contribution in [1.29, 1.82) is 0 Å². The fourth-order valence-electron chi connectivity index (χ4n) is 1.28. The number of aromatic nitrogens is 1. The zero-order chi connectivity index (χ0) is 12.6. The number of rotatable bonds is 2. The first kappa shape index (κ1) is 11.5. The zero-order valence-corrected chi connectivity index (χ0v) is 10.1. The summed E-state index contributed by atoms with van der Waals surface area (Å²) >= 11 is 1.09. The Morgan fingerprint density at radius 3 is 2.82 bits per heavy atom. The highest BCUT2D eigenvalue weighted by atomic mass is 32.1. The van der Waals surface area contributed by atoms with Crippen molar-refractivity contribution in [1.82, 2.24) is 5.16 Å². The lowest BCUT2D eigenvalue weighted by Crippen LogP contribution is -2.25. The van der Waals surface area contributed by atoms with E-state index in [0.29, 0.717) is 11.6 Å². The van der Waals surface area contributed by atoms with Gasteiger partial charge in [-0.15, -0.1) is 11.3 Å². The molecule has 0 fully saturated rings. The van der Waals surface area contributed by atoms with Crippen molar-refractivity contribution in [3.8, 4) is 5.75 Å². The monoisotopic (exact) mass is 253 g/mol. The number of hydrogen-bond donors (Lipinski definition) is 2. The molecule has 0 aliphatic rings. The van der Waals surface area contributed by atoms with Crippen molar-refractivity contribution >= 4 is 28.7 Å². The van der Waals surface area contributed by atoms with Crippen LogP contribution < -0.4 is 10.6 Å². The first-order valence-electron chi connectivity index (χ1n) is 4.78. The molecule has 90 valence electrons. The van der Waals surface area contributed by atoms with Crippen molar-refractivity contribution in [3.05, 3.63) is 22.1 Å². The second kappa shape index (κ2) is 4.10. The van der Waals surface area contributed by atoms with Crippen LogP contribution in [0.25, 0.3) is 0 Å². The van der Waals surface area contributed by atoms with Gasteiger partial charge in [-0.1, -0.05) is 5.16 Å². The van der Waals surface area contributed by atoms with Gasteiger partial charge >= 0.3 is 0 Å². The summed E-state index contributed by atoms with van der Waals surface area (Å²) in [5, 5.41) is 14.8. The molecule has 0 atom stereocenters. The molecule has 0 saturated carbocycles. The Morgan fingerprint density at radius 2 is 2.35 bits per heavy atom. The van der Waals surface area contributed by atoms with Crippen LogP contribution in [0.2, 0.25) is 0 Å². The van der Waals surface area contributed by atoms with E-state index in [4.69, 9.17) is 10.3 Å². The van der Waals surface area contributed by atoms with Crippen LogP contribution in [0.4, 0.5) is 11.5 Å². The molecule has 6 nitrogen and oxygen atoms in total. The smallest absolute Gasteiger partial charge is 0.273 e. The molecule has 0 aromatic carbocycles. The Morgan fingerprint density at radius 1 is 1.65 bits per heavy atom. The van der Waals surface area contributed by atoms with Crippen LogP contribution in [0.15, 0.2) is 16.0 Å². The van der Waals surface area contributed by atoms with Crippen LogP contribution in [-0.4, -0.2) is 23.2 Å². The predicted molar refractivity (Wildman–Crippen MR) is 64.4 cm³/mol. The summed E-state index contributed by atoms with van der Waals surface area (Å²) in [6.45, 7) is 1.73. The molecule has 3 N–H and O–H groups in total. The topological polar surface area (TPSA) is 92.6 Å². The van der Waals surface area contributed by atoms with Gasteiger partial charge < -0.3 is 15.4 Å². The van der Waals surface area contributed by atoms with Crippen molar-refractivity contribution in [2.24, 2.45) is 0 Å². The van der Waals surface area contributed by atoms with Crippen LogP contribution >= 0.6 is 11.3 Å². The molecule has 2 aromatic heterocycles. The number of carbonyl (C=O) groups is 1. The van der Waals surface area contributed by atoms with E-state index >= 15 is 0 Å². The molecular formula is C10H11N3O3S. The summed E-state index contributed by atoms with van der Waals surface area (Å²) in [6, 6.07) is 1.63. The minimum atomic E-state index is -0.377. The third-order valence-corrected chi connectivity index (χ3v) is 3.23. The summed E-state index contributed by atoms with van der Waals surface area (Å²) in [4.78, 5) is 13.5. The average Bonchev–Trinajstić information content (AvgIpc) is 2.86. The SMILES string of the molecule is Cc1cc(N(C)C(=O)c2scc(N)c2O)no1. The maximum absolute atomic E-state index is 12.0. The summed E-state index contributed by atoms with van der Waals surface area (Å²) in [7, 11) is 1.55. The fraction of sp³-hybridized carbons (Fsp3) is 0.200. The molecular weight excluding hydrogens is 242 g/mol. The number of anilines is 2. The quantitative estimate of drug-likeness (QED) is 0.848. The normalized spacial score (nSPS) is 10.5. The van der Waals surface area contributed by atoms with Gasteiger partial charge in [0, 0.05) is 18.5 Å². The number of carbonyl (C=O) groups excluding carboxylic acids is 1. The van der Waals surface area contributed by atoms with E-state index < -0.39 is 0 Å². The number of nitrogens with zero attached hydrogens (tertiary/aromatic N) is 2. The van der Waals surface area contributed by atoms with Gasteiger partial charge in [-0.2, -0.15) is 0 Å². The summed E-state index contributed by atoms with van der Waals surface area (Å²) in [5.74, 6) is 0.429. The van der Waals surface area contributed by atoms with E-state index in [2.05, 4.69) is 5.16 Å². The molecule has 7 heteroatoms. The number of nitrogens with two attached hydrogens (primary N) is 1. The van der Waals surface area contributed by atoms with E-state index in [0.717, 1.165) is 11.3 Å². The van der Waals surface area contributed by atoms with Crippen LogP contribution in [0.5, 0.6) is 5.75 Å². The van der Waals surface area contributed by atoms with Gasteiger partial charge in [0.15, 0.2) is 11.6 Å². The lowest BCUT2D eigenvalue weighted by Gasteiger charge is -2.11. The third-order valence-electron chi connectivity index (χ3n) is 2.25. The standard InChI is InChI=1S/C10H11N3O3S/c1-5-3-7(12-16-5)13(2)10(15)9-8(14)6(11)4-17-9/h3-4,14H,11H2,1-2H3. The van der Waals surface area contributed by atoms with Gasteiger partial charge in [-0.25, -0.2) is 0 Å². The van der Waals surface area contributed by atoms with E-state index in [-0.39, 0.29) is 22.2 Å². The molecule has 0 radical (unpaired) electrons. The fourth-order valence-corrected chi connectivity index (χ4v) is 2.11. The first-order valence-corrected chi connectivity index (χ1v) is 5.66. The molecule has 0 bridgehead atoms. The van der Waals surface area contributed by atoms with Crippen molar-refractivity contribution < 1.29 is 14.4 Å². The van der Waals surface area contributed by atoms with Gasteiger partial charge in [-0.3, -0.25) is 9.69 Å². The molecule has 0 saturated heterocycles. The Hall–Kier alpha value is -2.02. The number of nitrogen functional groups attached to an aromatic ring is 1. The Bertz CT molecular complexity index is 561. The summed E-state index contributed by atoms with van der Waals surface area (Å²) in [6.07, 6.45) is 0. The molecule has 0 unspecified atom stereocenters. The molecule has 2 aromatic rings. The van der Waals surface area contributed by atoms with Gasteiger partial charge in [-0.05, 0) is 6.92 Å². The number of aryl methyl sites for hydroxylation is 1. The van der Waals surface area contributed by atoms with Gasteiger partial charge in [0.25, 0.3) is 5.91 Å². The van der Waals surface area contributed by atoms with Crippen molar-refractivity contribution in [3.63, 3.8) is 0 Å². The number of hydrogen-bond acceptors (Lipinski definition) is 6. The highest BCUT2D eigenvalue weighted by Crippen LogP contribution is 2.33. The van der Waals surface area contributed by atoms with Crippen molar-refractivity contribution in [2.45, 2.75) is 6.92 Å². The Balaban J connectivity index is 2.29. The molecule has 2 heterocycles. The van der Waals surface area contributed by atoms with Crippen LogP contribution in [0, 0.1) is 6.92 Å². The minimum Gasteiger partial charge on any atom is -0.504 e. The first-order chi connectivity index (χ1) is 8.00. The molecule has 0 aliphatic carbocycles. The van der Waals surface area contributed by atoms with E-state index in [1.165, 1.54) is 10.3 Å². The predicted octanol–water partition coefficient (Wildman–Crippen LogP) is 1.61. The second-order valence-electron chi connectivity index (χ2n) is 3.53. The van der Waals surface area contributed by atoms with E-state index in [9.17, 15) is 9.90 Å². The van der Waals surface area contributed by atoms with Crippen molar-refractivity contribution in [2.75, 3.05) is 17.7 Å². The Labute approximate surface area is 101 Å². The summed E-state index contributed by atoms with van der Waals surface area (Å²) in [5.41, 5.74) is 5.67. The maximum atomic E-state index is 12.0. The third kappa shape index (κ3) is 1.96. The molecule has 0 aliphatic heterocycles. The highest BCUT2D eigenvalue weighted by molar-refractivity contribution is 7.13. The maximum Gasteiger partial charge on any atom is 0.273 e. The van der Waals surface area contributed by atoms with Crippen LogP contribution in [0.3, 0.4) is 0 Å². The zero-order valence-electron chi connectivity index (χ0n) is 9.30. The van der Waals surface area contributed by atoms with E-state index in [1.807, 2.05) is 0 Å². The number of thiophene rings is 1. The van der Waals surface area contributed by atoms with E-state index in [1.54, 1.807) is 20.0 Å². The van der Waals surface area contributed by atoms with Gasteiger partial charge in [0.2, 0.25) is 0 Å². The van der Waals surface area contributed by atoms with Gasteiger partial charge in [0.05, 0.1) is 5.69 Å². The lowest BCUT2D eigenvalue weighted by atomic mass is 10.3. The number of amides is 1. The largest absolute Gasteiger partial charge is 0.504 e. The van der Waals surface area contributed by atoms with Crippen LogP contribution in [0.1, 0.15) is 15.4 Å². The average molecular weight is 253 g/mol. The van der Waals surface area contributed by atoms with Gasteiger partial charge in [0.1, 0.15) is 10.6 Å². The molecule has 0 spiro atoms. The minimum absolute atomic E-state index is 0.186. The molecule has 2 rings (SSSR count). The second-order valence-corrected chi connectivity index (χ2v) is 4.41. The lowest BCUT2D eigenvalue weighted by molar-refractivity contribution is 0.0993. The highest BCUT2D eigenvalue weighted by Gasteiger charge is 2.22. The number of aromatic hydroxyl groups is 1. The molecule has 17 heavy (non-hydrogen) atoms.